The van der Waals surface area contributed by atoms with E-state index in [-0.39, 0.29) is 36.5 Å². The molecule has 0 saturated carbocycles. The fraction of sp³-hybridized carbons (Fsp3) is 0.583. The number of amides is 2. The lowest BCUT2D eigenvalue weighted by molar-refractivity contribution is -0.137. The van der Waals surface area contributed by atoms with Crippen LogP contribution in [0.15, 0.2) is 11.6 Å². The van der Waals surface area contributed by atoms with Crippen LogP contribution in [0.1, 0.15) is 33.6 Å². The first-order valence-corrected chi connectivity index (χ1v) is 5.56. The van der Waals surface area contributed by atoms with Gasteiger partial charge in [-0.3, -0.25) is 19.3 Å². The van der Waals surface area contributed by atoms with Gasteiger partial charge in [0.2, 0.25) is 0 Å². The maximum Gasteiger partial charge on any atom is 0.256 e. The summed E-state index contributed by atoms with van der Waals surface area (Å²) in [5.74, 6) is -0.514. The Morgan fingerprint density at radius 2 is 2.00 bits per heavy atom. The molecule has 0 fully saturated rings. The van der Waals surface area contributed by atoms with Gasteiger partial charge in [0.25, 0.3) is 11.8 Å². The lowest BCUT2D eigenvalue weighted by Gasteiger charge is -2.14. The Morgan fingerprint density at radius 1 is 1.38 bits per heavy atom. The highest BCUT2D eigenvalue weighted by Crippen LogP contribution is 2.16. The second-order valence-corrected chi connectivity index (χ2v) is 4.19. The Labute approximate surface area is 95.3 Å². The summed E-state index contributed by atoms with van der Waals surface area (Å²) in [4.78, 5) is 35.7. The van der Waals surface area contributed by atoms with Crippen LogP contribution in [-0.2, 0) is 14.4 Å². The second kappa shape index (κ2) is 5.05. The molecule has 0 atom stereocenters. The minimum absolute atomic E-state index is 0.0496. The van der Waals surface area contributed by atoms with Crippen LogP contribution in [0.2, 0.25) is 0 Å². The molecule has 0 aromatic heterocycles. The van der Waals surface area contributed by atoms with Gasteiger partial charge in [-0.05, 0) is 6.42 Å². The van der Waals surface area contributed by atoms with E-state index in [1.807, 2.05) is 20.8 Å². The minimum Gasteiger partial charge on any atom is -0.299 e. The highest BCUT2D eigenvalue weighted by molar-refractivity contribution is 6.16. The van der Waals surface area contributed by atoms with Crippen molar-refractivity contribution in [3.63, 3.8) is 0 Å². The van der Waals surface area contributed by atoms with E-state index in [9.17, 15) is 14.4 Å². The van der Waals surface area contributed by atoms with Crippen molar-refractivity contribution >= 4 is 17.6 Å². The number of Topliss-reactive ketones (excluding diaryl/α,β-unsaturated/α-hetero) is 1. The third-order valence-corrected chi connectivity index (χ3v) is 2.69. The van der Waals surface area contributed by atoms with Gasteiger partial charge in [-0.15, -0.1) is 0 Å². The van der Waals surface area contributed by atoms with Gasteiger partial charge >= 0.3 is 0 Å². The van der Waals surface area contributed by atoms with Gasteiger partial charge in [-0.1, -0.05) is 20.8 Å². The summed E-state index contributed by atoms with van der Waals surface area (Å²) in [6, 6.07) is 0. The van der Waals surface area contributed by atoms with Crippen LogP contribution in [0, 0.1) is 5.92 Å². The summed E-state index contributed by atoms with van der Waals surface area (Å²) in [7, 11) is 0. The Kier molecular flexibility index (Phi) is 3.99. The smallest absolute Gasteiger partial charge is 0.256 e. The molecule has 0 saturated heterocycles. The molecule has 0 aliphatic carbocycles. The van der Waals surface area contributed by atoms with E-state index in [1.165, 1.54) is 6.08 Å². The van der Waals surface area contributed by atoms with E-state index in [4.69, 9.17) is 0 Å². The van der Waals surface area contributed by atoms with E-state index in [2.05, 4.69) is 0 Å². The highest BCUT2D eigenvalue weighted by atomic mass is 16.2. The minimum atomic E-state index is -0.293. The maximum absolute atomic E-state index is 11.7. The number of hydrogen-bond donors (Lipinski definition) is 0. The van der Waals surface area contributed by atoms with Crippen molar-refractivity contribution in [3.8, 4) is 0 Å². The number of hydrogen-bond acceptors (Lipinski definition) is 3. The van der Waals surface area contributed by atoms with Crippen molar-refractivity contribution in [2.24, 2.45) is 5.92 Å². The van der Waals surface area contributed by atoms with Crippen molar-refractivity contribution in [1.29, 1.82) is 0 Å². The highest BCUT2D eigenvalue weighted by Gasteiger charge is 2.29. The number of imide groups is 1. The van der Waals surface area contributed by atoms with Gasteiger partial charge < -0.3 is 0 Å². The Morgan fingerprint density at radius 3 is 2.44 bits per heavy atom. The zero-order valence-electron chi connectivity index (χ0n) is 9.95. The normalized spacial score (nSPS) is 16.0. The molecular weight excluding hydrogens is 206 g/mol. The fourth-order valence-corrected chi connectivity index (χ4v) is 1.54. The molecule has 0 unspecified atom stereocenters. The quantitative estimate of drug-likeness (QED) is 0.660. The molecule has 4 heteroatoms. The molecule has 0 bridgehead atoms. The Balaban J connectivity index is 2.55. The number of carbonyl (C=O) groups excluding carboxylic acids is 3. The predicted octanol–water partition coefficient (Wildman–Crippen LogP) is 1.31. The monoisotopic (exact) mass is 223 g/mol. The van der Waals surface area contributed by atoms with Crippen molar-refractivity contribution in [1.82, 2.24) is 4.90 Å². The summed E-state index contributed by atoms with van der Waals surface area (Å²) >= 11 is 0. The van der Waals surface area contributed by atoms with Crippen LogP contribution in [0.4, 0.5) is 0 Å². The Hall–Kier alpha value is -1.45. The second-order valence-electron chi connectivity index (χ2n) is 4.19. The van der Waals surface area contributed by atoms with Gasteiger partial charge in [0.15, 0.2) is 0 Å². The standard InChI is InChI=1S/C12H17NO3/c1-4-9-7-11(15)13(12(9)16)6-5-10(14)8(2)3/h7-8H,4-6H2,1-3H3. The first kappa shape index (κ1) is 12.6. The molecule has 1 aliphatic rings. The summed E-state index contributed by atoms with van der Waals surface area (Å²) in [5, 5.41) is 0. The Bertz CT molecular complexity index is 355. The lowest BCUT2D eigenvalue weighted by atomic mass is 10.1. The lowest BCUT2D eigenvalue weighted by Crippen LogP contribution is -2.33. The number of ketones is 1. The van der Waals surface area contributed by atoms with Gasteiger partial charge in [-0.25, -0.2) is 0 Å². The average molecular weight is 223 g/mol. The molecule has 0 radical (unpaired) electrons. The van der Waals surface area contributed by atoms with Crippen molar-refractivity contribution in [2.75, 3.05) is 6.54 Å². The SMILES string of the molecule is CCC1=CC(=O)N(CCC(=O)C(C)C)C1=O. The molecule has 0 spiro atoms. The molecule has 2 amide bonds. The van der Waals surface area contributed by atoms with Crippen LogP contribution in [0.25, 0.3) is 0 Å². The summed E-state index contributed by atoms with van der Waals surface area (Å²) in [6.45, 7) is 5.66. The van der Waals surface area contributed by atoms with Crippen LogP contribution in [-0.4, -0.2) is 29.0 Å². The van der Waals surface area contributed by atoms with E-state index < -0.39 is 0 Å². The van der Waals surface area contributed by atoms with Crippen LogP contribution < -0.4 is 0 Å². The molecular formula is C12H17NO3. The fourth-order valence-electron chi connectivity index (χ4n) is 1.54. The molecule has 88 valence electrons. The largest absolute Gasteiger partial charge is 0.299 e. The van der Waals surface area contributed by atoms with E-state index in [0.717, 1.165) is 4.90 Å². The number of carbonyl (C=O) groups is 3. The van der Waals surface area contributed by atoms with Crippen LogP contribution >= 0.6 is 0 Å². The van der Waals surface area contributed by atoms with Crippen molar-refractivity contribution in [3.05, 3.63) is 11.6 Å². The molecule has 1 aliphatic heterocycles. The zero-order valence-corrected chi connectivity index (χ0v) is 9.95. The van der Waals surface area contributed by atoms with Crippen LogP contribution in [0.3, 0.4) is 0 Å². The number of rotatable bonds is 5. The van der Waals surface area contributed by atoms with Gasteiger partial charge in [-0.2, -0.15) is 0 Å². The summed E-state index contributed by atoms with van der Waals surface area (Å²) in [6.07, 6.45) is 2.17. The third-order valence-electron chi connectivity index (χ3n) is 2.69. The van der Waals surface area contributed by atoms with Gasteiger partial charge in [0.1, 0.15) is 5.78 Å². The van der Waals surface area contributed by atoms with E-state index >= 15 is 0 Å². The zero-order chi connectivity index (χ0) is 12.3. The molecule has 0 aromatic carbocycles. The first-order valence-electron chi connectivity index (χ1n) is 5.56. The molecule has 4 nitrogen and oxygen atoms in total. The maximum atomic E-state index is 11.7. The molecule has 0 N–H and O–H groups in total. The molecule has 16 heavy (non-hydrogen) atoms. The summed E-state index contributed by atoms with van der Waals surface area (Å²) in [5.41, 5.74) is 0.530. The summed E-state index contributed by atoms with van der Waals surface area (Å²) < 4.78 is 0. The topological polar surface area (TPSA) is 54.5 Å². The molecule has 1 rings (SSSR count). The average Bonchev–Trinajstić information content (AvgIpc) is 2.51. The van der Waals surface area contributed by atoms with Gasteiger partial charge in [0, 0.05) is 30.5 Å². The van der Waals surface area contributed by atoms with Gasteiger partial charge in [0.05, 0.1) is 0 Å². The van der Waals surface area contributed by atoms with Crippen molar-refractivity contribution in [2.45, 2.75) is 33.6 Å². The predicted molar refractivity (Wildman–Crippen MR) is 59.6 cm³/mol. The van der Waals surface area contributed by atoms with Crippen molar-refractivity contribution < 1.29 is 14.4 Å². The van der Waals surface area contributed by atoms with E-state index in [1.54, 1.807) is 0 Å². The van der Waals surface area contributed by atoms with E-state index in [0.29, 0.717) is 12.0 Å². The third kappa shape index (κ3) is 2.56. The first-order chi connectivity index (χ1) is 7.47. The molecule has 1 heterocycles. The molecule has 0 aromatic rings. The van der Waals surface area contributed by atoms with Crippen LogP contribution in [0.5, 0.6) is 0 Å². The number of nitrogens with zero attached hydrogens (tertiary/aromatic N) is 1.